The first-order valence-corrected chi connectivity index (χ1v) is 3.95. The maximum atomic E-state index is 10.8. The van der Waals surface area contributed by atoms with Gasteiger partial charge in [0.1, 0.15) is 0 Å². The number of hydrogen-bond donors (Lipinski definition) is 2. The van der Waals surface area contributed by atoms with E-state index in [1.165, 1.54) is 0 Å². The van der Waals surface area contributed by atoms with Gasteiger partial charge in [-0.1, -0.05) is 11.5 Å². The van der Waals surface area contributed by atoms with Gasteiger partial charge in [0.2, 0.25) is 5.41 Å². The van der Waals surface area contributed by atoms with Gasteiger partial charge in [-0.25, -0.2) is 9.59 Å². The highest BCUT2D eigenvalue weighted by atomic mass is 16.4. The van der Waals surface area contributed by atoms with E-state index in [4.69, 9.17) is 16.6 Å². The maximum absolute atomic E-state index is 10.8. The molecule has 4 heteroatoms. The summed E-state index contributed by atoms with van der Waals surface area (Å²) in [5, 5.41) is 17.5. The van der Waals surface area contributed by atoms with Crippen molar-refractivity contribution >= 4 is 11.9 Å². The van der Waals surface area contributed by atoms with E-state index < -0.39 is 17.4 Å². The molecule has 0 aliphatic carbocycles. The van der Waals surface area contributed by atoms with E-state index in [1.54, 1.807) is 6.92 Å². The minimum Gasteiger partial charge on any atom is -0.480 e. The second-order valence-corrected chi connectivity index (χ2v) is 3.12. The second kappa shape index (κ2) is 4.47. The molecule has 0 unspecified atom stereocenters. The second-order valence-electron chi connectivity index (χ2n) is 3.12. The molecule has 0 heterocycles. The van der Waals surface area contributed by atoms with Gasteiger partial charge in [0.15, 0.2) is 0 Å². The maximum Gasteiger partial charge on any atom is 0.333 e. The van der Waals surface area contributed by atoms with Gasteiger partial charge in [0.25, 0.3) is 0 Å². The van der Waals surface area contributed by atoms with Crippen LogP contribution >= 0.6 is 0 Å². The van der Waals surface area contributed by atoms with Crippen molar-refractivity contribution < 1.29 is 19.8 Å². The van der Waals surface area contributed by atoms with E-state index in [2.05, 4.69) is 6.58 Å². The summed E-state index contributed by atoms with van der Waals surface area (Å²) in [6.07, 6.45) is 5.10. The lowest BCUT2D eigenvalue weighted by atomic mass is 9.83. The van der Waals surface area contributed by atoms with Crippen molar-refractivity contribution in [2.75, 3.05) is 0 Å². The summed E-state index contributed by atoms with van der Waals surface area (Å²) in [6, 6.07) is 0. The number of rotatable bonds is 5. The van der Waals surface area contributed by atoms with Gasteiger partial charge in [-0.2, -0.15) is 0 Å². The fourth-order valence-electron chi connectivity index (χ4n) is 0.902. The number of aliphatic carboxylic acids is 2. The molecule has 0 saturated heterocycles. The summed E-state index contributed by atoms with van der Waals surface area (Å²) in [5.41, 5.74) is -1.42. The zero-order chi connectivity index (χ0) is 11.4. The Balaban J connectivity index is 4.90. The third-order valence-corrected chi connectivity index (χ3v) is 1.90. The summed E-state index contributed by atoms with van der Waals surface area (Å²) < 4.78 is 0. The molecule has 0 aromatic carbocycles. The molecule has 0 spiro atoms. The monoisotopic (exact) mass is 196 g/mol. The summed E-state index contributed by atoms with van der Waals surface area (Å²) in [4.78, 5) is 21.5. The number of carboxylic acid groups (broad SMARTS) is 2. The minimum absolute atomic E-state index is 0.135. The van der Waals surface area contributed by atoms with Crippen molar-refractivity contribution in [3.8, 4) is 12.3 Å². The molecule has 0 rings (SSSR count). The van der Waals surface area contributed by atoms with Crippen LogP contribution < -0.4 is 0 Å². The fourth-order valence-corrected chi connectivity index (χ4v) is 0.902. The van der Waals surface area contributed by atoms with Gasteiger partial charge >= 0.3 is 11.9 Å². The van der Waals surface area contributed by atoms with Crippen molar-refractivity contribution in [2.45, 2.75) is 19.8 Å². The van der Waals surface area contributed by atoms with E-state index in [9.17, 15) is 9.59 Å². The molecular weight excluding hydrogens is 184 g/mol. The van der Waals surface area contributed by atoms with Crippen LogP contribution in [-0.4, -0.2) is 22.2 Å². The topological polar surface area (TPSA) is 74.6 Å². The van der Waals surface area contributed by atoms with Gasteiger partial charge in [-0.3, -0.25) is 0 Å². The Morgan fingerprint density at radius 3 is 2.07 bits per heavy atom. The molecule has 0 bridgehead atoms. The predicted molar refractivity (Wildman–Crippen MR) is 50.6 cm³/mol. The van der Waals surface area contributed by atoms with Gasteiger partial charge in [0, 0.05) is 0 Å². The molecule has 0 aromatic heterocycles. The van der Waals surface area contributed by atoms with Crippen molar-refractivity contribution in [3.63, 3.8) is 0 Å². The molecule has 0 amide bonds. The number of terminal acetylenes is 1. The molecule has 0 radical (unpaired) electrons. The van der Waals surface area contributed by atoms with Crippen molar-refractivity contribution in [2.24, 2.45) is 5.41 Å². The standard InChI is InChI=1S/C10H12O4/c1-4-10(8(11)12,9(13)14)6-5-7(2)3/h1H,2,5-6H2,3H3,(H,11,12)(H,13,14). The van der Waals surface area contributed by atoms with Crippen molar-refractivity contribution in [1.82, 2.24) is 0 Å². The molecule has 2 N–H and O–H groups in total. The lowest BCUT2D eigenvalue weighted by Gasteiger charge is -2.18. The third kappa shape index (κ3) is 2.36. The Bertz CT molecular complexity index is 295. The normalized spacial score (nSPS) is 10.3. The quantitative estimate of drug-likeness (QED) is 0.392. The average Bonchev–Trinajstić information content (AvgIpc) is 2.04. The molecule has 0 atom stereocenters. The van der Waals surface area contributed by atoms with Gasteiger partial charge in [-0.15, -0.1) is 13.0 Å². The number of allylic oxidation sites excluding steroid dienone is 1. The highest BCUT2D eigenvalue weighted by Gasteiger charge is 2.44. The number of carboxylic acids is 2. The van der Waals surface area contributed by atoms with Crippen LogP contribution in [0.5, 0.6) is 0 Å². The Labute approximate surface area is 82.2 Å². The summed E-state index contributed by atoms with van der Waals surface area (Å²) in [7, 11) is 0. The summed E-state index contributed by atoms with van der Waals surface area (Å²) in [6.45, 7) is 5.24. The van der Waals surface area contributed by atoms with E-state index in [0.29, 0.717) is 5.57 Å². The van der Waals surface area contributed by atoms with Crippen LogP contribution in [0.3, 0.4) is 0 Å². The Kier molecular flexibility index (Phi) is 3.91. The van der Waals surface area contributed by atoms with Crippen molar-refractivity contribution in [3.05, 3.63) is 12.2 Å². The van der Waals surface area contributed by atoms with E-state index >= 15 is 0 Å². The number of hydrogen-bond acceptors (Lipinski definition) is 2. The Morgan fingerprint density at radius 1 is 1.43 bits per heavy atom. The lowest BCUT2D eigenvalue weighted by molar-refractivity contribution is -0.160. The van der Waals surface area contributed by atoms with Crippen LogP contribution in [0.1, 0.15) is 19.8 Å². The largest absolute Gasteiger partial charge is 0.480 e. The first kappa shape index (κ1) is 12.2. The summed E-state index contributed by atoms with van der Waals surface area (Å²) in [5.74, 6) is -1.18. The molecule has 4 nitrogen and oxygen atoms in total. The summed E-state index contributed by atoms with van der Waals surface area (Å²) >= 11 is 0. The molecule has 14 heavy (non-hydrogen) atoms. The van der Waals surface area contributed by atoms with E-state index in [0.717, 1.165) is 0 Å². The molecule has 0 aliphatic rings. The van der Waals surface area contributed by atoms with Gasteiger partial charge in [0.05, 0.1) is 0 Å². The van der Waals surface area contributed by atoms with Gasteiger partial charge < -0.3 is 10.2 Å². The fraction of sp³-hybridized carbons (Fsp3) is 0.400. The molecule has 0 aliphatic heterocycles. The predicted octanol–water partition coefficient (Wildman–Crippen LogP) is 1.13. The highest BCUT2D eigenvalue weighted by Crippen LogP contribution is 2.25. The molecule has 76 valence electrons. The Morgan fingerprint density at radius 2 is 1.86 bits per heavy atom. The minimum atomic E-state index is -2.13. The van der Waals surface area contributed by atoms with E-state index in [-0.39, 0.29) is 12.8 Å². The van der Waals surface area contributed by atoms with Crippen molar-refractivity contribution in [1.29, 1.82) is 0 Å². The molecule has 0 aromatic rings. The first-order valence-electron chi connectivity index (χ1n) is 3.95. The van der Waals surface area contributed by atoms with Crippen LogP contribution in [-0.2, 0) is 9.59 Å². The SMILES string of the molecule is C#CC(CCC(=C)C)(C(=O)O)C(=O)O. The smallest absolute Gasteiger partial charge is 0.333 e. The molecular formula is C10H12O4. The van der Waals surface area contributed by atoms with Crippen LogP contribution in [0.4, 0.5) is 0 Å². The van der Waals surface area contributed by atoms with Crippen LogP contribution in [0, 0.1) is 17.8 Å². The number of carbonyl (C=O) groups is 2. The van der Waals surface area contributed by atoms with E-state index in [1.807, 2.05) is 5.92 Å². The molecule has 0 fully saturated rings. The highest BCUT2D eigenvalue weighted by molar-refractivity contribution is 6.01. The third-order valence-electron chi connectivity index (χ3n) is 1.90. The average molecular weight is 196 g/mol. The van der Waals surface area contributed by atoms with Crippen LogP contribution in [0.2, 0.25) is 0 Å². The molecule has 0 saturated carbocycles. The van der Waals surface area contributed by atoms with Gasteiger partial charge in [-0.05, 0) is 19.8 Å². The first-order chi connectivity index (χ1) is 6.36. The zero-order valence-corrected chi connectivity index (χ0v) is 7.91. The lowest BCUT2D eigenvalue weighted by Crippen LogP contribution is -2.37. The van der Waals surface area contributed by atoms with Crippen LogP contribution in [0.15, 0.2) is 12.2 Å². The zero-order valence-electron chi connectivity index (χ0n) is 7.91. The Hall–Kier alpha value is -1.76. The van der Waals surface area contributed by atoms with Crippen LogP contribution in [0.25, 0.3) is 0 Å².